The summed E-state index contributed by atoms with van der Waals surface area (Å²) in [6, 6.07) is 4.77. The van der Waals surface area contributed by atoms with Gasteiger partial charge in [0.1, 0.15) is 5.82 Å². The molecule has 0 aliphatic heterocycles. The van der Waals surface area contributed by atoms with Crippen LogP contribution in [0.1, 0.15) is 31.2 Å². The zero-order chi connectivity index (χ0) is 13.6. The topological polar surface area (TPSA) is 37.3 Å². The van der Waals surface area contributed by atoms with Crippen molar-refractivity contribution in [2.75, 3.05) is 0 Å². The number of fused-ring (bicyclic) bond motifs is 2. The lowest BCUT2D eigenvalue weighted by molar-refractivity contribution is -0.152. The zero-order valence-electron chi connectivity index (χ0n) is 10.5. The summed E-state index contributed by atoms with van der Waals surface area (Å²) in [7, 11) is 0. The van der Waals surface area contributed by atoms with Gasteiger partial charge in [-0.05, 0) is 61.3 Å². The normalized spacial score (nSPS) is 32.7. The average Bonchev–Trinajstić information content (AvgIpc) is 2.94. The molecule has 0 saturated heterocycles. The Balaban J connectivity index is 1.95. The van der Waals surface area contributed by atoms with Crippen LogP contribution in [0.25, 0.3) is 0 Å². The number of carbonyl (C=O) groups is 1. The van der Waals surface area contributed by atoms with Crippen molar-refractivity contribution in [3.63, 3.8) is 0 Å². The smallest absolute Gasteiger partial charge is 0.310 e. The fourth-order valence-corrected chi connectivity index (χ4v) is 4.43. The number of hydrogen-bond acceptors (Lipinski definition) is 1. The molecule has 2 fully saturated rings. The Morgan fingerprint density at radius 3 is 2.84 bits per heavy atom. The summed E-state index contributed by atoms with van der Waals surface area (Å²) in [6.45, 7) is 0. The standard InChI is InChI=1S/C15H16BrFO2/c16-12-3-4-13(17)10(6-12)8-15(14(18)19)7-9-1-2-11(15)5-9/h3-4,6,9,11H,1-2,5,7-8H2,(H,18,19). The highest BCUT2D eigenvalue weighted by atomic mass is 79.9. The van der Waals surface area contributed by atoms with Crippen molar-refractivity contribution in [2.24, 2.45) is 17.3 Å². The van der Waals surface area contributed by atoms with Crippen LogP contribution in [0.15, 0.2) is 22.7 Å². The van der Waals surface area contributed by atoms with E-state index in [0.29, 0.717) is 24.3 Å². The minimum absolute atomic E-state index is 0.216. The molecule has 0 spiro atoms. The Labute approximate surface area is 120 Å². The second-order valence-corrected chi connectivity index (χ2v) is 6.87. The van der Waals surface area contributed by atoms with Gasteiger partial charge in [-0.25, -0.2) is 4.39 Å². The summed E-state index contributed by atoms with van der Waals surface area (Å²) >= 11 is 3.33. The van der Waals surface area contributed by atoms with E-state index in [-0.39, 0.29) is 11.7 Å². The predicted molar refractivity (Wildman–Crippen MR) is 73.3 cm³/mol. The van der Waals surface area contributed by atoms with Crippen molar-refractivity contribution in [1.82, 2.24) is 0 Å². The molecule has 3 rings (SSSR count). The monoisotopic (exact) mass is 326 g/mol. The summed E-state index contributed by atoms with van der Waals surface area (Å²) < 4.78 is 14.7. The van der Waals surface area contributed by atoms with Crippen LogP contribution in [0.5, 0.6) is 0 Å². The van der Waals surface area contributed by atoms with E-state index in [0.717, 1.165) is 23.7 Å². The fraction of sp³-hybridized carbons (Fsp3) is 0.533. The Morgan fingerprint density at radius 1 is 1.47 bits per heavy atom. The second kappa shape index (κ2) is 4.58. The number of carboxylic acids is 1. The maximum atomic E-state index is 13.9. The molecule has 0 aromatic heterocycles. The average molecular weight is 327 g/mol. The first-order valence-corrected chi connectivity index (χ1v) is 7.48. The largest absolute Gasteiger partial charge is 0.481 e. The third-order valence-corrected chi connectivity index (χ3v) is 5.41. The number of hydrogen-bond donors (Lipinski definition) is 1. The van der Waals surface area contributed by atoms with E-state index in [9.17, 15) is 14.3 Å². The molecule has 1 aromatic carbocycles. The summed E-state index contributed by atoms with van der Waals surface area (Å²) in [6.07, 6.45) is 4.14. The lowest BCUT2D eigenvalue weighted by atomic mass is 9.69. The van der Waals surface area contributed by atoms with E-state index < -0.39 is 11.4 Å². The van der Waals surface area contributed by atoms with E-state index in [2.05, 4.69) is 15.9 Å². The molecule has 0 heterocycles. The molecule has 3 atom stereocenters. The van der Waals surface area contributed by atoms with Crippen LogP contribution in [-0.4, -0.2) is 11.1 Å². The van der Waals surface area contributed by atoms with Crippen LogP contribution >= 0.6 is 15.9 Å². The molecular weight excluding hydrogens is 311 g/mol. The zero-order valence-corrected chi connectivity index (χ0v) is 12.1. The fourth-order valence-electron chi connectivity index (χ4n) is 4.02. The predicted octanol–water partition coefficient (Wildman–Crippen LogP) is 4.02. The van der Waals surface area contributed by atoms with Gasteiger partial charge in [0.2, 0.25) is 0 Å². The van der Waals surface area contributed by atoms with Crippen LogP contribution in [0.3, 0.4) is 0 Å². The van der Waals surface area contributed by atoms with Crippen LogP contribution in [0.2, 0.25) is 0 Å². The van der Waals surface area contributed by atoms with Crippen molar-refractivity contribution in [2.45, 2.75) is 32.1 Å². The first-order valence-electron chi connectivity index (χ1n) is 6.68. The lowest BCUT2D eigenvalue weighted by Crippen LogP contribution is -2.38. The summed E-state index contributed by atoms with van der Waals surface area (Å²) in [5.74, 6) is -0.310. The number of rotatable bonds is 3. The van der Waals surface area contributed by atoms with Crippen LogP contribution < -0.4 is 0 Å². The van der Waals surface area contributed by atoms with Gasteiger partial charge in [0, 0.05) is 4.47 Å². The molecule has 2 bridgehead atoms. The van der Waals surface area contributed by atoms with E-state index >= 15 is 0 Å². The van der Waals surface area contributed by atoms with Crippen molar-refractivity contribution in [3.8, 4) is 0 Å². The van der Waals surface area contributed by atoms with Crippen LogP contribution in [0.4, 0.5) is 4.39 Å². The number of carboxylic acid groups (broad SMARTS) is 1. The third kappa shape index (κ3) is 2.10. The van der Waals surface area contributed by atoms with Gasteiger partial charge in [-0.15, -0.1) is 0 Å². The van der Waals surface area contributed by atoms with Gasteiger partial charge in [-0.3, -0.25) is 4.79 Å². The van der Waals surface area contributed by atoms with E-state index in [4.69, 9.17) is 0 Å². The number of aliphatic carboxylic acids is 1. The highest BCUT2D eigenvalue weighted by molar-refractivity contribution is 9.10. The molecule has 2 aliphatic carbocycles. The number of benzene rings is 1. The molecule has 4 heteroatoms. The summed E-state index contributed by atoms with van der Waals surface area (Å²) in [4.78, 5) is 11.8. The highest BCUT2D eigenvalue weighted by Gasteiger charge is 2.55. The minimum atomic E-state index is -0.751. The molecule has 1 aromatic rings. The van der Waals surface area contributed by atoms with Crippen molar-refractivity contribution < 1.29 is 14.3 Å². The van der Waals surface area contributed by atoms with Crippen molar-refractivity contribution in [3.05, 3.63) is 34.1 Å². The Kier molecular flexibility index (Phi) is 3.16. The van der Waals surface area contributed by atoms with Gasteiger partial charge in [0.15, 0.2) is 0 Å². The minimum Gasteiger partial charge on any atom is -0.481 e. The highest BCUT2D eigenvalue weighted by Crippen LogP contribution is 2.57. The summed E-state index contributed by atoms with van der Waals surface area (Å²) in [5, 5.41) is 9.67. The summed E-state index contributed by atoms with van der Waals surface area (Å²) in [5.41, 5.74) is -0.228. The molecular formula is C15H16BrFO2. The van der Waals surface area contributed by atoms with Crippen LogP contribution in [0, 0.1) is 23.1 Å². The van der Waals surface area contributed by atoms with Gasteiger partial charge in [-0.2, -0.15) is 0 Å². The molecule has 2 nitrogen and oxygen atoms in total. The van der Waals surface area contributed by atoms with Gasteiger partial charge in [-0.1, -0.05) is 22.4 Å². The van der Waals surface area contributed by atoms with Gasteiger partial charge >= 0.3 is 5.97 Å². The van der Waals surface area contributed by atoms with E-state index in [1.165, 1.54) is 6.07 Å². The quantitative estimate of drug-likeness (QED) is 0.910. The molecule has 102 valence electrons. The molecule has 0 radical (unpaired) electrons. The second-order valence-electron chi connectivity index (χ2n) is 5.95. The molecule has 1 N–H and O–H groups in total. The Bertz CT molecular complexity index is 531. The Hall–Kier alpha value is -0.900. The van der Waals surface area contributed by atoms with Crippen molar-refractivity contribution in [1.29, 1.82) is 0 Å². The third-order valence-electron chi connectivity index (χ3n) is 4.92. The molecule has 0 amide bonds. The lowest BCUT2D eigenvalue weighted by Gasteiger charge is -2.33. The Morgan fingerprint density at radius 2 is 2.26 bits per heavy atom. The van der Waals surface area contributed by atoms with Gasteiger partial charge in [0.25, 0.3) is 0 Å². The molecule has 19 heavy (non-hydrogen) atoms. The maximum Gasteiger partial charge on any atom is 0.310 e. The van der Waals surface area contributed by atoms with E-state index in [1.807, 2.05) is 0 Å². The first kappa shape index (κ1) is 13.1. The number of halogens is 2. The molecule has 3 unspecified atom stereocenters. The van der Waals surface area contributed by atoms with Crippen molar-refractivity contribution >= 4 is 21.9 Å². The molecule has 2 aliphatic rings. The van der Waals surface area contributed by atoms with Gasteiger partial charge in [0.05, 0.1) is 5.41 Å². The molecule has 2 saturated carbocycles. The SMILES string of the molecule is O=C(O)C1(Cc2cc(Br)ccc2F)CC2CCC1C2. The van der Waals surface area contributed by atoms with Crippen LogP contribution in [-0.2, 0) is 11.2 Å². The first-order chi connectivity index (χ1) is 9.01. The van der Waals surface area contributed by atoms with Gasteiger partial charge < -0.3 is 5.11 Å². The maximum absolute atomic E-state index is 13.9. The van der Waals surface area contributed by atoms with E-state index in [1.54, 1.807) is 12.1 Å².